The van der Waals surface area contributed by atoms with Crippen molar-refractivity contribution in [2.24, 2.45) is 0 Å². The number of rotatable bonds is 3. The van der Waals surface area contributed by atoms with Crippen LogP contribution in [-0.2, 0) is 6.54 Å². The molecule has 0 saturated carbocycles. The van der Waals surface area contributed by atoms with E-state index in [0.29, 0.717) is 6.54 Å². The van der Waals surface area contributed by atoms with E-state index in [1.165, 1.54) is 0 Å². The Morgan fingerprint density at radius 2 is 1.95 bits per heavy atom. The first-order chi connectivity index (χ1) is 9.63. The third kappa shape index (κ3) is 2.47. The van der Waals surface area contributed by atoms with Crippen LogP contribution in [0.4, 0.5) is 14.5 Å². The molecule has 0 aliphatic heterocycles. The molecule has 0 spiro atoms. The number of nitrogens with one attached hydrogen (secondary N) is 2. The number of H-pyrrole nitrogens is 1. The fourth-order valence-electron chi connectivity index (χ4n) is 2.11. The first-order valence-corrected chi connectivity index (χ1v) is 6.46. The predicted molar refractivity (Wildman–Crippen MR) is 77.0 cm³/mol. The van der Waals surface area contributed by atoms with Crippen LogP contribution in [0.25, 0.3) is 10.9 Å². The average molecular weight is 293 g/mol. The van der Waals surface area contributed by atoms with Crippen molar-refractivity contribution in [2.75, 3.05) is 5.32 Å². The van der Waals surface area contributed by atoms with Crippen LogP contribution in [0.15, 0.2) is 42.6 Å². The number of anilines is 1. The lowest BCUT2D eigenvalue weighted by Gasteiger charge is -2.10. The maximum absolute atomic E-state index is 13.6. The van der Waals surface area contributed by atoms with Gasteiger partial charge in [-0.3, -0.25) is 0 Å². The summed E-state index contributed by atoms with van der Waals surface area (Å²) in [6.07, 6.45) is 1.86. The van der Waals surface area contributed by atoms with E-state index < -0.39 is 11.6 Å². The molecule has 0 saturated heterocycles. The van der Waals surface area contributed by atoms with Crippen molar-refractivity contribution in [1.29, 1.82) is 0 Å². The van der Waals surface area contributed by atoms with Gasteiger partial charge in [0.2, 0.25) is 0 Å². The van der Waals surface area contributed by atoms with Gasteiger partial charge in [0.25, 0.3) is 0 Å². The molecule has 2 nitrogen and oxygen atoms in total. The van der Waals surface area contributed by atoms with E-state index in [9.17, 15) is 8.78 Å². The highest BCUT2D eigenvalue weighted by Gasteiger charge is 2.09. The van der Waals surface area contributed by atoms with Crippen LogP contribution < -0.4 is 5.32 Å². The minimum absolute atomic E-state index is 0.0310. The van der Waals surface area contributed by atoms with Gasteiger partial charge >= 0.3 is 0 Å². The fourth-order valence-corrected chi connectivity index (χ4v) is 2.37. The second-order valence-corrected chi connectivity index (χ2v) is 4.90. The molecule has 0 atom stereocenters. The number of hydrogen-bond acceptors (Lipinski definition) is 1. The number of halogens is 3. The maximum atomic E-state index is 13.6. The lowest BCUT2D eigenvalue weighted by Crippen LogP contribution is -2.02. The van der Waals surface area contributed by atoms with Crippen molar-refractivity contribution in [2.45, 2.75) is 6.54 Å². The predicted octanol–water partition coefficient (Wildman–Crippen LogP) is 4.71. The normalized spacial score (nSPS) is 10.9. The van der Waals surface area contributed by atoms with Crippen molar-refractivity contribution in [3.63, 3.8) is 0 Å². The summed E-state index contributed by atoms with van der Waals surface area (Å²) in [6.45, 7) is 0.400. The van der Waals surface area contributed by atoms with Gasteiger partial charge in [0.15, 0.2) is 5.82 Å². The van der Waals surface area contributed by atoms with E-state index in [2.05, 4.69) is 10.3 Å². The van der Waals surface area contributed by atoms with Gasteiger partial charge in [0.1, 0.15) is 5.82 Å². The monoisotopic (exact) mass is 292 g/mol. The first kappa shape index (κ1) is 12.9. The average Bonchev–Trinajstić information content (AvgIpc) is 2.84. The molecule has 0 unspecified atom stereocenters. The van der Waals surface area contributed by atoms with Gasteiger partial charge in [-0.1, -0.05) is 23.7 Å². The zero-order chi connectivity index (χ0) is 14.1. The number of aromatic nitrogens is 1. The van der Waals surface area contributed by atoms with Crippen LogP contribution in [-0.4, -0.2) is 4.98 Å². The van der Waals surface area contributed by atoms with Gasteiger partial charge in [-0.2, -0.15) is 0 Å². The second kappa shape index (κ2) is 5.13. The number of hydrogen-bond donors (Lipinski definition) is 2. The van der Waals surface area contributed by atoms with Crippen LogP contribution in [0.3, 0.4) is 0 Å². The van der Waals surface area contributed by atoms with Gasteiger partial charge in [-0.25, -0.2) is 8.78 Å². The Morgan fingerprint density at radius 3 is 2.75 bits per heavy atom. The number of benzene rings is 2. The van der Waals surface area contributed by atoms with Gasteiger partial charge in [0, 0.05) is 24.3 Å². The fraction of sp³-hybridized carbons (Fsp3) is 0.0667. The van der Waals surface area contributed by atoms with E-state index in [0.717, 1.165) is 28.6 Å². The van der Waals surface area contributed by atoms with Gasteiger partial charge in [0.05, 0.1) is 10.7 Å². The van der Waals surface area contributed by atoms with Crippen LogP contribution >= 0.6 is 11.6 Å². The molecule has 0 bridgehead atoms. The molecule has 0 aliphatic rings. The molecule has 102 valence electrons. The third-order valence-electron chi connectivity index (χ3n) is 3.10. The SMILES string of the molecule is Fc1cc(F)c(NCc2ccc3cc[nH]c3c2)c(Cl)c1. The van der Waals surface area contributed by atoms with Crippen LogP contribution in [0.2, 0.25) is 5.02 Å². The van der Waals surface area contributed by atoms with Crippen LogP contribution in [0.1, 0.15) is 5.56 Å². The van der Waals surface area contributed by atoms with E-state index in [1.54, 1.807) is 0 Å². The summed E-state index contributed by atoms with van der Waals surface area (Å²) in [7, 11) is 0. The van der Waals surface area contributed by atoms with Crippen molar-refractivity contribution in [3.8, 4) is 0 Å². The minimum Gasteiger partial charge on any atom is -0.377 e. The van der Waals surface area contributed by atoms with Crippen LogP contribution in [0, 0.1) is 11.6 Å². The van der Waals surface area contributed by atoms with Gasteiger partial charge in [-0.15, -0.1) is 0 Å². The van der Waals surface area contributed by atoms with E-state index in [1.807, 2.05) is 30.5 Å². The van der Waals surface area contributed by atoms with Crippen molar-refractivity contribution < 1.29 is 8.78 Å². The molecule has 5 heteroatoms. The first-order valence-electron chi connectivity index (χ1n) is 6.08. The lowest BCUT2D eigenvalue weighted by molar-refractivity contribution is 0.585. The molecule has 0 amide bonds. The Morgan fingerprint density at radius 1 is 1.10 bits per heavy atom. The van der Waals surface area contributed by atoms with Crippen molar-refractivity contribution in [3.05, 3.63) is 64.8 Å². The highest BCUT2D eigenvalue weighted by atomic mass is 35.5. The minimum atomic E-state index is -0.698. The topological polar surface area (TPSA) is 27.8 Å². The summed E-state index contributed by atoms with van der Waals surface area (Å²) >= 11 is 5.83. The zero-order valence-corrected chi connectivity index (χ0v) is 11.1. The molecule has 0 radical (unpaired) electrons. The molecule has 20 heavy (non-hydrogen) atoms. The maximum Gasteiger partial charge on any atom is 0.150 e. The molecular formula is C15H11ClF2N2. The molecular weight excluding hydrogens is 282 g/mol. The summed E-state index contributed by atoms with van der Waals surface area (Å²) in [5.41, 5.74) is 2.09. The quantitative estimate of drug-likeness (QED) is 0.719. The number of fused-ring (bicyclic) bond motifs is 1. The molecule has 1 heterocycles. The molecule has 0 aliphatic carbocycles. The molecule has 3 rings (SSSR count). The summed E-state index contributed by atoms with van der Waals surface area (Å²) < 4.78 is 26.6. The zero-order valence-electron chi connectivity index (χ0n) is 10.4. The van der Waals surface area contributed by atoms with Gasteiger partial charge in [-0.05, 0) is 29.1 Å². The largest absolute Gasteiger partial charge is 0.377 e. The lowest BCUT2D eigenvalue weighted by atomic mass is 10.1. The Kier molecular flexibility index (Phi) is 3.32. The number of aromatic amines is 1. The molecule has 2 aromatic carbocycles. The van der Waals surface area contributed by atoms with E-state index in [-0.39, 0.29) is 10.7 Å². The molecule has 3 aromatic rings. The van der Waals surface area contributed by atoms with E-state index in [4.69, 9.17) is 11.6 Å². The van der Waals surface area contributed by atoms with E-state index >= 15 is 0 Å². The summed E-state index contributed by atoms with van der Waals surface area (Å²) in [5, 5.41) is 4.04. The highest BCUT2D eigenvalue weighted by Crippen LogP contribution is 2.27. The van der Waals surface area contributed by atoms with Crippen molar-refractivity contribution >= 4 is 28.2 Å². The Hall–Kier alpha value is -2.07. The summed E-state index contributed by atoms with van der Waals surface area (Å²) in [4.78, 5) is 3.11. The third-order valence-corrected chi connectivity index (χ3v) is 3.39. The summed E-state index contributed by atoms with van der Waals surface area (Å²) in [5.74, 6) is -1.39. The molecule has 0 fully saturated rings. The Balaban J connectivity index is 1.82. The summed E-state index contributed by atoms with van der Waals surface area (Å²) in [6, 6.07) is 9.76. The van der Waals surface area contributed by atoms with Crippen LogP contribution in [0.5, 0.6) is 0 Å². The Bertz CT molecular complexity index is 744. The second-order valence-electron chi connectivity index (χ2n) is 4.50. The standard InChI is InChI=1S/C15H11ClF2N2/c16-12-6-11(17)7-13(18)15(12)20-8-9-1-2-10-3-4-19-14(10)5-9/h1-7,19-20H,8H2. The van der Waals surface area contributed by atoms with Crippen molar-refractivity contribution in [1.82, 2.24) is 4.98 Å². The smallest absolute Gasteiger partial charge is 0.150 e. The highest BCUT2D eigenvalue weighted by molar-refractivity contribution is 6.33. The molecule has 1 aromatic heterocycles. The Labute approximate surface area is 119 Å². The molecule has 2 N–H and O–H groups in total. The van der Waals surface area contributed by atoms with Gasteiger partial charge < -0.3 is 10.3 Å².